The first-order valence-electron chi connectivity index (χ1n) is 43.5. The predicted octanol–water partition coefficient (Wildman–Crippen LogP) is 33.5. The summed E-state index contributed by atoms with van der Waals surface area (Å²) in [5.41, 5.74) is 38.9. The molecule has 0 atom stereocenters. The molecule has 3 nitrogen and oxygen atoms in total. The fourth-order valence-electron chi connectivity index (χ4n) is 19.2. The van der Waals surface area contributed by atoms with Gasteiger partial charge in [-0.25, -0.2) is 0 Å². The van der Waals surface area contributed by atoms with Crippen LogP contribution in [0.3, 0.4) is 0 Å². The number of rotatable bonds is 14. The van der Waals surface area contributed by atoms with Crippen LogP contribution < -0.4 is 14.7 Å². The molecule has 123 heavy (non-hydrogen) atoms. The molecule has 3 aliphatic carbocycles. The topological polar surface area (TPSA) is 9.72 Å². The van der Waals surface area contributed by atoms with Crippen LogP contribution in [0.15, 0.2) is 431 Å². The molecule has 20 rings (SSSR count). The summed E-state index contributed by atoms with van der Waals surface area (Å²) in [4.78, 5) is 7.17. The Morgan fingerprint density at radius 2 is 0.301 bits per heavy atom. The van der Waals surface area contributed by atoms with Gasteiger partial charge >= 0.3 is 0 Å². The second-order valence-corrected chi connectivity index (χ2v) is 36.5. The molecule has 0 aromatic heterocycles. The predicted molar refractivity (Wildman–Crippen MR) is 525 cm³/mol. The molecule has 0 amide bonds. The summed E-state index contributed by atoms with van der Waals surface area (Å²) in [6.07, 6.45) is 0. The molecule has 0 unspecified atom stereocenters. The quantitative estimate of drug-likeness (QED) is 0.107. The lowest BCUT2D eigenvalue weighted by molar-refractivity contribution is 0.299. The lowest BCUT2D eigenvalue weighted by Crippen LogP contribution is -2.43. The third-order valence-corrected chi connectivity index (χ3v) is 28.3. The van der Waals surface area contributed by atoms with E-state index in [1.54, 1.807) is 0 Å². The van der Waals surface area contributed by atoms with Crippen molar-refractivity contribution < 1.29 is 0 Å². The highest BCUT2D eigenvalue weighted by Gasteiger charge is 2.49. The maximum atomic E-state index is 2.43. The Hall–Kier alpha value is -13.9. The zero-order chi connectivity index (χ0) is 84.8. The summed E-state index contributed by atoms with van der Waals surface area (Å²) in [5.74, 6) is 0. The van der Waals surface area contributed by atoms with E-state index in [0.29, 0.717) is 0 Å². The summed E-state index contributed by atoms with van der Waals surface area (Å²) < 4.78 is 0. The highest BCUT2D eigenvalue weighted by molar-refractivity contribution is 5.90. The molecule has 0 aliphatic heterocycles. The van der Waals surface area contributed by atoms with Crippen LogP contribution in [0.5, 0.6) is 0 Å². The van der Waals surface area contributed by atoms with Gasteiger partial charge in [0.15, 0.2) is 0 Å². The summed E-state index contributed by atoms with van der Waals surface area (Å²) in [6.45, 7) is 28.7. The van der Waals surface area contributed by atoms with Crippen molar-refractivity contribution in [3.63, 3.8) is 0 Å². The van der Waals surface area contributed by atoms with Gasteiger partial charge in [0.05, 0.1) is 0 Å². The van der Waals surface area contributed by atoms with Crippen LogP contribution in [-0.4, -0.2) is 0 Å². The molecule has 17 aromatic carbocycles. The molecule has 3 heteroatoms. The van der Waals surface area contributed by atoms with Crippen LogP contribution in [0.1, 0.15) is 116 Å². The zero-order valence-corrected chi connectivity index (χ0v) is 72.8. The van der Waals surface area contributed by atoms with Gasteiger partial charge in [-0.15, -0.1) is 0 Å². The van der Waals surface area contributed by atoms with Crippen LogP contribution >= 0.6 is 0 Å². The van der Waals surface area contributed by atoms with Gasteiger partial charge in [-0.1, -0.05) is 399 Å². The van der Waals surface area contributed by atoms with Crippen LogP contribution in [0.25, 0.3) is 89.0 Å². The Balaban J connectivity index is 0.000000126. The monoisotopic (exact) mass is 1590 g/mol. The van der Waals surface area contributed by atoms with Crippen molar-refractivity contribution in [1.29, 1.82) is 0 Å². The van der Waals surface area contributed by atoms with Gasteiger partial charge in [-0.2, -0.15) is 0 Å². The van der Waals surface area contributed by atoms with Crippen molar-refractivity contribution >= 4 is 51.2 Å². The van der Waals surface area contributed by atoms with E-state index in [1.807, 2.05) is 0 Å². The standard InChI is InChI=1S/2C42H37N.C36H33N/c1-41(2)39-24-12-11-23-37(39)38-26-25-36(29-40(38)42(41,3)4)43(34-20-9-6-10-21-34)35-22-14-19-33(28-35)32-18-13-17-31(27-32)30-15-7-5-8-16-30;1-41(2)39-21-12-11-20-37(39)38-27-26-36(29-40(38)42(41,3)4)43(34-17-9-6-10-18-34)35-19-13-16-33(28-35)32-24-22-31(23-25-32)30-14-7-5-8-15-30;1-35(2)33-18-12-11-17-31(33)32-24-23-30(25-34(32)36(35,3)4)37(28-15-9-6-10-16-28)29-21-19-27(20-22-29)26-13-7-5-8-14-26/h2*5-29H,1-4H3;5-25H,1-4H3. The lowest BCUT2D eigenvalue weighted by Gasteiger charge is -2.48. The first-order valence-corrected chi connectivity index (χ1v) is 43.5. The molecule has 3 aliphatic rings. The SMILES string of the molecule is CC1(C)c2ccccc2-c2ccc(N(c3ccccc3)c3ccc(-c4ccccc4)cc3)cc2C1(C)C.CC1(C)c2ccccc2-c2ccc(N(c3ccccc3)c3cccc(-c4ccc(-c5ccccc5)cc4)c3)cc2C1(C)C.CC1(C)c2ccccc2-c2ccc(N(c3ccccc3)c3cccc(-c4cccc(-c5ccccc5)c4)c3)cc2C1(C)C. The van der Waals surface area contributed by atoms with E-state index >= 15 is 0 Å². The third kappa shape index (κ3) is 14.8. The molecular formula is C120H107N3. The summed E-state index contributed by atoms with van der Waals surface area (Å²) >= 11 is 0. The maximum absolute atomic E-state index is 2.43. The van der Waals surface area contributed by atoms with Gasteiger partial charge in [0.1, 0.15) is 0 Å². The van der Waals surface area contributed by atoms with Gasteiger partial charge in [-0.3, -0.25) is 0 Å². The molecule has 0 bridgehead atoms. The van der Waals surface area contributed by atoms with Crippen molar-refractivity contribution in [3.05, 3.63) is 464 Å². The number of hydrogen-bond donors (Lipinski definition) is 0. The second kappa shape index (κ2) is 32.6. The largest absolute Gasteiger partial charge is 0.310 e. The van der Waals surface area contributed by atoms with Crippen LogP contribution in [-0.2, 0) is 32.5 Å². The minimum atomic E-state index is -0.0607. The average Bonchev–Trinajstić information content (AvgIpc) is 0.721. The Morgan fingerprint density at radius 3 is 0.634 bits per heavy atom. The summed E-state index contributed by atoms with van der Waals surface area (Å²) in [7, 11) is 0. The molecule has 0 spiro atoms. The molecule has 0 saturated carbocycles. The number of fused-ring (bicyclic) bond motifs is 9. The van der Waals surface area contributed by atoms with E-state index in [2.05, 4.69) is 528 Å². The van der Waals surface area contributed by atoms with Crippen molar-refractivity contribution in [2.75, 3.05) is 14.7 Å². The Bertz CT molecular complexity index is 6640. The van der Waals surface area contributed by atoms with E-state index in [1.165, 1.54) is 139 Å². The number of benzene rings is 17. The average molecular weight is 1590 g/mol. The van der Waals surface area contributed by atoms with E-state index in [9.17, 15) is 0 Å². The Kier molecular flexibility index (Phi) is 21.3. The highest BCUT2D eigenvalue weighted by Crippen LogP contribution is 2.59. The molecule has 0 fully saturated rings. The van der Waals surface area contributed by atoms with E-state index in [4.69, 9.17) is 0 Å². The molecule has 0 heterocycles. The van der Waals surface area contributed by atoms with Crippen molar-refractivity contribution in [3.8, 4) is 89.0 Å². The van der Waals surface area contributed by atoms with Crippen LogP contribution in [0, 0.1) is 0 Å². The number of para-hydroxylation sites is 3. The van der Waals surface area contributed by atoms with Crippen molar-refractivity contribution in [2.45, 2.75) is 116 Å². The van der Waals surface area contributed by atoms with Crippen molar-refractivity contribution in [2.24, 2.45) is 0 Å². The normalized spacial score (nSPS) is 14.6. The van der Waals surface area contributed by atoms with Gasteiger partial charge in [0, 0.05) is 51.2 Å². The number of nitrogens with zero attached hydrogens (tertiary/aromatic N) is 3. The molecular weight excluding hydrogens is 1480 g/mol. The fourth-order valence-corrected chi connectivity index (χ4v) is 19.2. The minimum absolute atomic E-state index is 0.00409. The molecule has 0 saturated heterocycles. The number of anilines is 9. The first kappa shape index (κ1) is 80.2. The minimum Gasteiger partial charge on any atom is -0.310 e. The van der Waals surface area contributed by atoms with Crippen LogP contribution in [0.2, 0.25) is 0 Å². The lowest BCUT2D eigenvalue weighted by atomic mass is 9.55. The van der Waals surface area contributed by atoms with Crippen LogP contribution in [0.4, 0.5) is 51.2 Å². The van der Waals surface area contributed by atoms with Crippen molar-refractivity contribution in [1.82, 2.24) is 0 Å². The second-order valence-electron chi connectivity index (χ2n) is 36.5. The summed E-state index contributed by atoms with van der Waals surface area (Å²) in [5, 5.41) is 0. The molecule has 0 N–H and O–H groups in total. The summed E-state index contributed by atoms with van der Waals surface area (Å²) in [6, 6.07) is 156. The van der Waals surface area contributed by atoms with Gasteiger partial charge in [0.25, 0.3) is 0 Å². The van der Waals surface area contributed by atoms with Gasteiger partial charge in [0.2, 0.25) is 0 Å². The third-order valence-electron chi connectivity index (χ3n) is 28.3. The maximum Gasteiger partial charge on any atom is 0.0467 e. The van der Waals surface area contributed by atoms with Gasteiger partial charge in [-0.05, 0) is 270 Å². The van der Waals surface area contributed by atoms with E-state index < -0.39 is 0 Å². The Morgan fingerprint density at radius 1 is 0.122 bits per heavy atom. The molecule has 17 aromatic rings. The number of hydrogen-bond acceptors (Lipinski definition) is 3. The highest BCUT2D eigenvalue weighted by atomic mass is 15.2. The van der Waals surface area contributed by atoms with E-state index in [-0.39, 0.29) is 32.5 Å². The van der Waals surface area contributed by atoms with Gasteiger partial charge < -0.3 is 14.7 Å². The Labute approximate surface area is 729 Å². The molecule has 0 radical (unpaired) electrons. The van der Waals surface area contributed by atoms with E-state index in [0.717, 1.165) is 34.1 Å². The smallest absolute Gasteiger partial charge is 0.0467 e. The first-order chi connectivity index (χ1) is 59.6. The fraction of sp³-hybridized carbons (Fsp3) is 0.150. The molecule has 602 valence electrons. The zero-order valence-electron chi connectivity index (χ0n) is 72.8.